The Morgan fingerprint density at radius 1 is 1.44 bits per heavy atom. The maximum Gasteiger partial charge on any atom is 0.149 e. The molecule has 0 unspecified atom stereocenters. The summed E-state index contributed by atoms with van der Waals surface area (Å²) in [4.78, 5) is 4.15. The molecule has 0 aliphatic heterocycles. The van der Waals surface area contributed by atoms with E-state index in [2.05, 4.69) is 16.4 Å². The SMILES string of the molecule is N#Cc1cnc(NCCC2=CCCCC2)c(N)c1. The molecule has 1 heterocycles. The molecule has 0 fully saturated rings. The molecule has 0 atom stereocenters. The minimum absolute atomic E-state index is 0.494. The molecule has 1 aliphatic carbocycles. The zero-order chi connectivity index (χ0) is 12.8. The number of pyridine rings is 1. The number of anilines is 2. The maximum atomic E-state index is 8.73. The van der Waals surface area contributed by atoms with E-state index in [1.807, 2.05) is 6.07 Å². The first-order chi connectivity index (χ1) is 8.79. The molecule has 0 saturated carbocycles. The van der Waals surface area contributed by atoms with Gasteiger partial charge in [0.2, 0.25) is 0 Å². The minimum atomic E-state index is 0.494. The summed E-state index contributed by atoms with van der Waals surface area (Å²) in [6, 6.07) is 3.67. The van der Waals surface area contributed by atoms with Crippen molar-refractivity contribution in [2.24, 2.45) is 0 Å². The molecule has 0 amide bonds. The van der Waals surface area contributed by atoms with Gasteiger partial charge in [0.15, 0.2) is 0 Å². The first-order valence-corrected chi connectivity index (χ1v) is 6.37. The first-order valence-electron chi connectivity index (χ1n) is 6.37. The molecule has 4 heteroatoms. The Kier molecular flexibility index (Phi) is 4.19. The van der Waals surface area contributed by atoms with Crippen LogP contribution in [0.2, 0.25) is 0 Å². The maximum absolute atomic E-state index is 8.73. The third-order valence-electron chi connectivity index (χ3n) is 3.17. The van der Waals surface area contributed by atoms with Crippen LogP contribution in [0.4, 0.5) is 11.5 Å². The molecule has 18 heavy (non-hydrogen) atoms. The van der Waals surface area contributed by atoms with Crippen molar-refractivity contribution in [2.75, 3.05) is 17.6 Å². The molecule has 0 saturated heterocycles. The lowest BCUT2D eigenvalue weighted by Gasteiger charge is -2.13. The smallest absolute Gasteiger partial charge is 0.149 e. The molecule has 4 nitrogen and oxygen atoms in total. The van der Waals surface area contributed by atoms with Gasteiger partial charge in [-0.25, -0.2) is 4.98 Å². The van der Waals surface area contributed by atoms with Crippen molar-refractivity contribution in [2.45, 2.75) is 32.1 Å². The molecule has 1 aliphatic rings. The van der Waals surface area contributed by atoms with Crippen molar-refractivity contribution < 1.29 is 0 Å². The van der Waals surface area contributed by atoms with Crippen LogP contribution in [0.5, 0.6) is 0 Å². The number of hydrogen-bond donors (Lipinski definition) is 2. The Bertz CT molecular complexity index is 485. The molecule has 0 radical (unpaired) electrons. The Morgan fingerprint density at radius 2 is 2.33 bits per heavy atom. The van der Waals surface area contributed by atoms with E-state index in [4.69, 9.17) is 11.0 Å². The number of nitrogens with one attached hydrogen (secondary N) is 1. The minimum Gasteiger partial charge on any atom is -0.396 e. The Hall–Kier alpha value is -2.02. The second kappa shape index (κ2) is 6.06. The summed E-state index contributed by atoms with van der Waals surface area (Å²) in [7, 11) is 0. The summed E-state index contributed by atoms with van der Waals surface area (Å²) in [5.74, 6) is 0.672. The van der Waals surface area contributed by atoms with E-state index in [9.17, 15) is 0 Å². The molecular weight excluding hydrogens is 224 g/mol. The molecule has 94 valence electrons. The lowest BCUT2D eigenvalue weighted by atomic mass is 9.97. The van der Waals surface area contributed by atoms with Crippen molar-refractivity contribution in [1.82, 2.24) is 4.98 Å². The quantitative estimate of drug-likeness (QED) is 0.796. The van der Waals surface area contributed by atoms with Crippen LogP contribution in [-0.4, -0.2) is 11.5 Å². The van der Waals surface area contributed by atoms with Crippen LogP contribution in [-0.2, 0) is 0 Å². The van der Waals surface area contributed by atoms with Gasteiger partial charge < -0.3 is 11.1 Å². The fourth-order valence-corrected chi connectivity index (χ4v) is 2.16. The van der Waals surface area contributed by atoms with Crippen LogP contribution >= 0.6 is 0 Å². The van der Waals surface area contributed by atoms with Crippen LogP contribution in [0.15, 0.2) is 23.9 Å². The van der Waals surface area contributed by atoms with Crippen LogP contribution in [0.1, 0.15) is 37.7 Å². The highest BCUT2D eigenvalue weighted by Crippen LogP contribution is 2.21. The van der Waals surface area contributed by atoms with Gasteiger partial charge in [0.1, 0.15) is 11.9 Å². The number of allylic oxidation sites excluding steroid dienone is 1. The van der Waals surface area contributed by atoms with E-state index >= 15 is 0 Å². The summed E-state index contributed by atoms with van der Waals surface area (Å²) in [5.41, 5.74) is 8.38. The van der Waals surface area contributed by atoms with Crippen LogP contribution in [0.3, 0.4) is 0 Å². The zero-order valence-electron chi connectivity index (χ0n) is 10.4. The van der Waals surface area contributed by atoms with E-state index in [0.717, 1.165) is 13.0 Å². The molecule has 0 aromatic carbocycles. The lowest BCUT2D eigenvalue weighted by molar-refractivity contribution is 0.679. The fraction of sp³-hybridized carbons (Fsp3) is 0.429. The standard InChI is InChI=1S/C14H18N4/c15-9-12-8-13(16)14(18-10-12)17-7-6-11-4-2-1-3-5-11/h4,8,10H,1-3,5-7,16H2,(H,17,18). The second-order valence-corrected chi connectivity index (χ2v) is 4.56. The number of aromatic nitrogens is 1. The van der Waals surface area contributed by atoms with Crippen molar-refractivity contribution in [1.29, 1.82) is 5.26 Å². The van der Waals surface area contributed by atoms with E-state index in [-0.39, 0.29) is 0 Å². The van der Waals surface area contributed by atoms with Crippen molar-refractivity contribution in [3.8, 4) is 6.07 Å². The summed E-state index contributed by atoms with van der Waals surface area (Å²) in [5, 5.41) is 12.0. The van der Waals surface area contributed by atoms with Gasteiger partial charge in [0.25, 0.3) is 0 Å². The van der Waals surface area contributed by atoms with Gasteiger partial charge in [0.05, 0.1) is 11.3 Å². The van der Waals surface area contributed by atoms with Gasteiger partial charge in [-0.3, -0.25) is 0 Å². The Morgan fingerprint density at radius 3 is 3.00 bits per heavy atom. The number of rotatable bonds is 4. The van der Waals surface area contributed by atoms with Gasteiger partial charge >= 0.3 is 0 Å². The fourth-order valence-electron chi connectivity index (χ4n) is 2.16. The van der Waals surface area contributed by atoms with Gasteiger partial charge in [-0.2, -0.15) is 5.26 Å². The summed E-state index contributed by atoms with van der Waals surface area (Å²) in [6.07, 6.45) is 10.00. The molecule has 1 aromatic heterocycles. The van der Waals surface area contributed by atoms with Gasteiger partial charge in [-0.1, -0.05) is 11.6 Å². The van der Waals surface area contributed by atoms with E-state index in [0.29, 0.717) is 17.1 Å². The highest BCUT2D eigenvalue weighted by molar-refractivity contribution is 5.63. The Labute approximate surface area is 108 Å². The summed E-state index contributed by atoms with van der Waals surface area (Å²) >= 11 is 0. The number of nitrogens with zero attached hydrogens (tertiary/aromatic N) is 2. The zero-order valence-corrected chi connectivity index (χ0v) is 10.4. The number of hydrogen-bond acceptors (Lipinski definition) is 4. The van der Waals surface area contributed by atoms with Crippen LogP contribution < -0.4 is 11.1 Å². The second-order valence-electron chi connectivity index (χ2n) is 4.56. The van der Waals surface area contributed by atoms with Crippen LogP contribution in [0, 0.1) is 11.3 Å². The normalized spacial score (nSPS) is 14.7. The third-order valence-corrected chi connectivity index (χ3v) is 3.17. The van der Waals surface area contributed by atoms with Crippen molar-refractivity contribution >= 4 is 11.5 Å². The molecule has 0 bridgehead atoms. The van der Waals surface area contributed by atoms with E-state index in [1.54, 1.807) is 12.3 Å². The highest BCUT2D eigenvalue weighted by Gasteiger charge is 2.05. The van der Waals surface area contributed by atoms with Gasteiger partial charge in [0, 0.05) is 12.7 Å². The first kappa shape index (κ1) is 12.4. The van der Waals surface area contributed by atoms with Gasteiger partial charge in [-0.15, -0.1) is 0 Å². The Balaban J connectivity index is 1.87. The number of nitriles is 1. The summed E-state index contributed by atoms with van der Waals surface area (Å²) in [6.45, 7) is 0.842. The molecule has 3 N–H and O–H groups in total. The highest BCUT2D eigenvalue weighted by atomic mass is 15.0. The van der Waals surface area contributed by atoms with E-state index < -0.39 is 0 Å². The third kappa shape index (κ3) is 3.24. The van der Waals surface area contributed by atoms with E-state index in [1.165, 1.54) is 31.3 Å². The molecular formula is C14H18N4. The average Bonchev–Trinajstić information content (AvgIpc) is 2.42. The molecule has 2 rings (SSSR count). The van der Waals surface area contributed by atoms with Crippen LogP contribution in [0.25, 0.3) is 0 Å². The monoisotopic (exact) mass is 242 g/mol. The predicted molar refractivity (Wildman–Crippen MR) is 73.0 cm³/mol. The molecule has 0 spiro atoms. The van der Waals surface area contributed by atoms with Crippen molar-refractivity contribution in [3.05, 3.63) is 29.5 Å². The summed E-state index contributed by atoms with van der Waals surface area (Å²) < 4.78 is 0. The van der Waals surface area contributed by atoms with Crippen molar-refractivity contribution in [3.63, 3.8) is 0 Å². The topological polar surface area (TPSA) is 74.7 Å². The predicted octanol–water partition coefficient (Wildman–Crippen LogP) is 2.84. The van der Waals surface area contributed by atoms with Gasteiger partial charge in [-0.05, 0) is 38.2 Å². The number of nitrogen functional groups attached to an aromatic ring is 1. The number of nitrogens with two attached hydrogens (primary N) is 1. The lowest BCUT2D eigenvalue weighted by Crippen LogP contribution is -2.08. The molecule has 1 aromatic rings. The largest absolute Gasteiger partial charge is 0.396 e. The average molecular weight is 242 g/mol.